The van der Waals surface area contributed by atoms with Crippen LogP contribution in [0.2, 0.25) is 0 Å². The molecular weight excluding hydrogens is 729 g/mol. The highest BCUT2D eigenvalue weighted by atomic mass is 32.1. The third kappa shape index (κ3) is 5.14. The van der Waals surface area contributed by atoms with Crippen LogP contribution in [-0.4, -0.2) is 0 Å². The van der Waals surface area contributed by atoms with Gasteiger partial charge >= 0.3 is 0 Å². The lowest BCUT2D eigenvalue weighted by atomic mass is 9.66. The lowest BCUT2D eigenvalue weighted by Gasteiger charge is -2.36. The minimum Gasteiger partial charge on any atom is -0.135 e. The van der Waals surface area contributed by atoms with Gasteiger partial charge in [0.05, 0.1) is 5.41 Å². The first-order valence-corrected chi connectivity index (χ1v) is 22.1. The molecule has 2 aliphatic rings. The third-order valence-electron chi connectivity index (χ3n) is 13.9. The van der Waals surface area contributed by atoms with Crippen LogP contribution in [0.4, 0.5) is 0 Å². The van der Waals surface area contributed by atoms with Gasteiger partial charge in [-0.15, -0.1) is 11.3 Å². The van der Waals surface area contributed by atoms with Crippen molar-refractivity contribution in [3.8, 4) is 32.7 Å². The molecule has 1 aromatic heterocycles. The highest BCUT2D eigenvalue weighted by Gasteiger charge is 2.50. The van der Waals surface area contributed by atoms with E-state index < -0.39 is 5.41 Å². The predicted octanol–water partition coefficient (Wildman–Crippen LogP) is 16.1. The zero-order chi connectivity index (χ0) is 40.6. The second-order valence-electron chi connectivity index (χ2n) is 19.7. The van der Waals surface area contributed by atoms with Crippen LogP contribution in [0.5, 0.6) is 0 Å². The van der Waals surface area contributed by atoms with Crippen molar-refractivity contribution in [3.05, 3.63) is 202 Å². The van der Waals surface area contributed by atoms with Crippen LogP contribution in [0.15, 0.2) is 158 Å². The van der Waals surface area contributed by atoms with Gasteiger partial charge in [-0.3, -0.25) is 0 Å². The Morgan fingerprint density at radius 3 is 1.66 bits per heavy atom. The molecule has 288 valence electrons. The third-order valence-corrected chi connectivity index (χ3v) is 15.0. The van der Waals surface area contributed by atoms with Crippen LogP contribution in [0.1, 0.15) is 99.9 Å². The Balaban J connectivity index is 1.36. The summed E-state index contributed by atoms with van der Waals surface area (Å²) in [6.45, 7) is 18.8. The maximum absolute atomic E-state index is 2.61. The highest BCUT2D eigenvalue weighted by molar-refractivity contribution is 7.22. The van der Waals surface area contributed by atoms with E-state index in [1.165, 1.54) is 109 Å². The SMILES string of the molecule is CC(C)(C)c1ccc(C2(c3ccc(C(C)(C)C)cc3)c3cc4c(cc3-c3c2cc(-c2cc5ccccc5s2)c2ccc5ccccc5c32)C(C)(C)c2ccccc2-4)cc1. The van der Waals surface area contributed by atoms with E-state index in [9.17, 15) is 0 Å². The smallest absolute Gasteiger partial charge is 0.0714 e. The molecule has 1 heteroatoms. The number of hydrogen-bond acceptors (Lipinski definition) is 1. The number of fused-ring (bicyclic) bond motifs is 11. The van der Waals surface area contributed by atoms with E-state index in [4.69, 9.17) is 0 Å². The van der Waals surface area contributed by atoms with Crippen LogP contribution in [0.25, 0.3) is 64.3 Å². The molecule has 59 heavy (non-hydrogen) atoms. The first-order valence-electron chi connectivity index (χ1n) is 21.3. The second kappa shape index (κ2) is 12.4. The van der Waals surface area contributed by atoms with E-state index in [1.54, 1.807) is 0 Å². The summed E-state index contributed by atoms with van der Waals surface area (Å²) in [6, 6.07) is 61.4. The quantitative estimate of drug-likeness (QED) is 0.157. The van der Waals surface area contributed by atoms with Gasteiger partial charge in [-0.05, 0) is 140 Å². The Morgan fingerprint density at radius 1 is 0.424 bits per heavy atom. The molecule has 9 aromatic rings. The molecule has 0 atom stereocenters. The van der Waals surface area contributed by atoms with Crippen molar-refractivity contribution in [2.24, 2.45) is 0 Å². The fraction of sp³-hybridized carbons (Fsp3) is 0.207. The fourth-order valence-corrected chi connectivity index (χ4v) is 11.8. The lowest BCUT2D eigenvalue weighted by molar-refractivity contribution is 0.588. The monoisotopic (exact) mass is 778 g/mol. The molecule has 0 spiro atoms. The predicted molar refractivity (Wildman–Crippen MR) is 255 cm³/mol. The van der Waals surface area contributed by atoms with Crippen molar-refractivity contribution in [2.75, 3.05) is 0 Å². The summed E-state index contributed by atoms with van der Waals surface area (Å²) in [6.07, 6.45) is 0. The molecule has 0 amide bonds. The summed E-state index contributed by atoms with van der Waals surface area (Å²) >= 11 is 1.91. The van der Waals surface area contributed by atoms with Crippen LogP contribution < -0.4 is 0 Å². The second-order valence-corrected chi connectivity index (χ2v) is 20.8. The maximum Gasteiger partial charge on any atom is 0.0714 e. The van der Waals surface area contributed by atoms with Crippen molar-refractivity contribution in [1.29, 1.82) is 0 Å². The number of thiophene rings is 1. The topological polar surface area (TPSA) is 0 Å². The van der Waals surface area contributed by atoms with Gasteiger partial charge in [0.25, 0.3) is 0 Å². The molecular formula is C58H50S. The molecule has 0 bridgehead atoms. The molecule has 0 N–H and O–H groups in total. The summed E-state index contributed by atoms with van der Waals surface area (Å²) in [5.74, 6) is 0. The minimum absolute atomic E-state index is 0.0329. The summed E-state index contributed by atoms with van der Waals surface area (Å²) in [5.41, 5.74) is 16.9. The summed E-state index contributed by atoms with van der Waals surface area (Å²) in [5, 5.41) is 6.53. The molecule has 2 aliphatic carbocycles. The van der Waals surface area contributed by atoms with Gasteiger partial charge < -0.3 is 0 Å². The average Bonchev–Trinajstić information content (AvgIpc) is 3.86. The average molecular weight is 779 g/mol. The van der Waals surface area contributed by atoms with Crippen LogP contribution in [0.3, 0.4) is 0 Å². The normalized spacial score (nSPS) is 15.1. The maximum atomic E-state index is 2.61. The Morgan fingerprint density at radius 2 is 1.00 bits per heavy atom. The lowest BCUT2D eigenvalue weighted by Crippen LogP contribution is -2.29. The van der Waals surface area contributed by atoms with E-state index in [0.717, 1.165) is 0 Å². The highest BCUT2D eigenvalue weighted by Crippen LogP contribution is 2.63. The molecule has 8 aromatic carbocycles. The van der Waals surface area contributed by atoms with Gasteiger partial charge in [0, 0.05) is 15.0 Å². The Hall–Kier alpha value is -5.76. The Labute approximate surface area is 353 Å². The number of benzene rings is 8. The zero-order valence-corrected chi connectivity index (χ0v) is 36.2. The fourth-order valence-electron chi connectivity index (χ4n) is 10.7. The summed E-state index contributed by atoms with van der Waals surface area (Å²) in [4.78, 5) is 1.31. The molecule has 0 fully saturated rings. The van der Waals surface area contributed by atoms with E-state index in [1.807, 2.05) is 11.3 Å². The van der Waals surface area contributed by atoms with Crippen molar-refractivity contribution < 1.29 is 0 Å². The van der Waals surface area contributed by atoms with E-state index in [-0.39, 0.29) is 16.2 Å². The number of rotatable bonds is 3. The van der Waals surface area contributed by atoms with Gasteiger partial charge in [0.1, 0.15) is 0 Å². The van der Waals surface area contributed by atoms with Crippen molar-refractivity contribution in [1.82, 2.24) is 0 Å². The van der Waals surface area contributed by atoms with Gasteiger partial charge in [-0.1, -0.05) is 183 Å². The van der Waals surface area contributed by atoms with Gasteiger partial charge in [-0.2, -0.15) is 0 Å². The molecule has 0 nitrogen and oxygen atoms in total. The summed E-state index contributed by atoms with van der Waals surface area (Å²) in [7, 11) is 0. The van der Waals surface area contributed by atoms with Crippen LogP contribution in [0, 0.1) is 0 Å². The molecule has 0 radical (unpaired) electrons. The minimum atomic E-state index is -0.592. The van der Waals surface area contributed by atoms with E-state index in [0.29, 0.717) is 0 Å². The van der Waals surface area contributed by atoms with Crippen LogP contribution in [-0.2, 0) is 21.7 Å². The molecule has 0 saturated carbocycles. The van der Waals surface area contributed by atoms with Gasteiger partial charge in [0.15, 0.2) is 0 Å². The molecule has 0 aliphatic heterocycles. The van der Waals surface area contributed by atoms with Crippen molar-refractivity contribution in [2.45, 2.75) is 77.0 Å². The standard InChI is InChI=1S/C58H50S/c1-55(2,3)37-22-26-39(27-23-37)58(40-28-24-38(25-29-40)56(4,5)6)49-32-44-42-18-12-13-19-47(42)57(7,8)48(44)34-46(49)54-50(58)33-45(52-31-36-16-10-14-20-51(36)59-52)43-30-21-35-15-9-11-17-41(35)53(43)54/h9-34H,1-8H3. The summed E-state index contributed by atoms with van der Waals surface area (Å²) < 4.78 is 1.32. The number of hydrogen-bond donors (Lipinski definition) is 0. The van der Waals surface area contributed by atoms with Crippen molar-refractivity contribution in [3.63, 3.8) is 0 Å². The zero-order valence-electron chi connectivity index (χ0n) is 35.4. The Bertz CT molecular complexity index is 3080. The molecule has 0 unspecified atom stereocenters. The van der Waals surface area contributed by atoms with Gasteiger partial charge in [0.2, 0.25) is 0 Å². The Kier molecular flexibility index (Phi) is 7.63. The first-order chi connectivity index (χ1) is 28.3. The van der Waals surface area contributed by atoms with Gasteiger partial charge in [-0.25, -0.2) is 0 Å². The van der Waals surface area contributed by atoms with Crippen molar-refractivity contribution >= 4 is 43.0 Å². The molecule has 1 heterocycles. The molecule has 11 rings (SSSR count). The van der Waals surface area contributed by atoms with E-state index >= 15 is 0 Å². The molecule has 0 saturated heterocycles. The van der Waals surface area contributed by atoms with Crippen LogP contribution >= 0.6 is 11.3 Å². The first kappa shape index (κ1) is 36.3. The largest absolute Gasteiger partial charge is 0.135 e. The van der Waals surface area contributed by atoms with E-state index in [2.05, 4.69) is 213 Å².